The van der Waals surface area contributed by atoms with Gasteiger partial charge in [-0.1, -0.05) is 0 Å². The summed E-state index contributed by atoms with van der Waals surface area (Å²) < 4.78 is 23.0. The van der Waals surface area contributed by atoms with Crippen molar-refractivity contribution >= 4 is 39.4 Å². The smallest absolute Gasteiger partial charge is 0.256 e. The highest BCUT2D eigenvalue weighted by Gasteiger charge is 2.17. The summed E-state index contributed by atoms with van der Waals surface area (Å²) in [5, 5.41) is -0.661. The Balaban J connectivity index is 3.21. The number of ether oxygens (including phenoxy) is 2. The van der Waals surface area contributed by atoms with E-state index in [1.165, 1.54) is 7.11 Å². The largest absolute Gasteiger partial charge is 0.493 e. The predicted molar refractivity (Wildman–Crippen MR) is 67.4 cm³/mol. The van der Waals surface area contributed by atoms with Gasteiger partial charge in [-0.15, -0.1) is 0 Å². The van der Waals surface area contributed by atoms with Crippen LogP contribution in [-0.4, -0.2) is 25.6 Å². The van der Waals surface area contributed by atoms with Crippen molar-refractivity contribution in [2.75, 3.05) is 20.4 Å². The van der Waals surface area contributed by atoms with Crippen molar-refractivity contribution in [1.29, 1.82) is 0 Å². The Kier molecular flexibility index (Phi) is 5.27. The minimum absolute atomic E-state index is 0.145. The van der Waals surface area contributed by atoms with Gasteiger partial charge in [-0.3, -0.25) is 4.79 Å². The lowest BCUT2D eigenvalue weighted by Gasteiger charge is -2.12. The van der Waals surface area contributed by atoms with Crippen molar-refractivity contribution in [3.05, 3.63) is 21.3 Å². The number of rotatable bonds is 5. The van der Waals surface area contributed by atoms with Crippen LogP contribution < -0.4 is 9.47 Å². The lowest BCUT2D eigenvalue weighted by atomic mass is 10.2. The molecule has 1 aromatic carbocycles. The van der Waals surface area contributed by atoms with E-state index in [0.29, 0.717) is 5.75 Å². The minimum atomic E-state index is -0.661. The van der Waals surface area contributed by atoms with E-state index in [-0.39, 0.29) is 17.9 Å². The van der Waals surface area contributed by atoms with Crippen molar-refractivity contribution in [3.63, 3.8) is 0 Å². The summed E-state index contributed by atoms with van der Waals surface area (Å²) in [5.74, 6) is 0.546. The third kappa shape index (κ3) is 3.21. The van der Waals surface area contributed by atoms with Crippen LogP contribution in [0, 0.1) is 3.57 Å². The van der Waals surface area contributed by atoms with Gasteiger partial charge in [0.15, 0.2) is 11.5 Å². The molecule has 0 atom stereocenters. The van der Waals surface area contributed by atoms with Gasteiger partial charge in [0.1, 0.15) is 13.3 Å². The molecule has 0 radical (unpaired) electrons. The fourth-order valence-electron chi connectivity index (χ4n) is 1.16. The molecule has 0 heterocycles. The lowest BCUT2D eigenvalue weighted by Crippen LogP contribution is -2.05. The van der Waals surface area contributed by atoms with E-state index in [0.717, 1.165) is 3.57 Å². The van der Waals surface area contributed by atoms with Gasteiger partial charge in [-0.2, -0.15) is 0 Å². The van der Waals surface area contributed by atoms with Crippen LogP contribution in [0.15, 0.2) is 12.1 Å². The summed E-state index contributed by atoms with van der Waals surface area (Å²) in [5.41, 5.74) is 0.180. The second-order valence-corrected chi connectivity index (χ2v) is 4.38. The van der Waals surface area contributed by atoms with Crippen LogP contribution in [-0.2, 0) is 0 Å². The van der Waals surface area contributed by atoms with Gasteiger partial charge in [0.25, 0.3) is 5.24 Å². The maximum absolute atomic E-state index is 12.0. The molecule has 0 bridgehead atoms. The van der Waals surface area contributed by atoms with Crippen LogP contribution in [0.5, 0.6) is 11.5 Å². The van der Waals surface area contributed by atoms with E-state index in [4.69, 9.17) is 21.1 Å². The zero-order valence-corrected chi connectivity index (χ0v) is 11.3. The van der Waals surface area contributed by atoms with Gasteiger partial charge >= 0.3 is 0 Å². The molecule has 16 heavy (non-hydrogen) atoms. The molecule has 1 rings (SSSR count). The Labute approximate surface area is 111 Å². The summed E-state index contributed by atoms with van der Waals surface area (Å²) in [6.07, 6.45) is 0. The molecule has 0 aliphatic carbocycles. The zero-order valence-electron chi connectivity index (χ0n) is 8.43. The monoisotopic (exact) mass is 358 g/mol. The third-order valence-corrected chi connectivity index (χ3v) is 2.60. The van der Waals surface area contributed by atoms with Gasteiger partial charge in [-0.05, 0) is 46.3 Å². The molecule has 0 aromatic heterocycles. The second-order valence-electron chi connectivity index (χ2n) is 2.80. The number of benzene rings is 1. The number of carbonyl (C=O) groups excluding carboxylic acids is 1. The first-order valence-electron chi connectivity index (χ1n) is 4.36. The van der Waals surface area contributed by atoms with Crippen LogP contribution in [0.1, 0.15) is 10.4 Å². The summed E-state index contributed by atoms with van der Waals surface area (Å²) in [7, 11) is 1.44. The number of alkyl halides is 1. The van der Waals surface area contributed by atoms with Crippen LogP contribution in [0.25, 0.3) is 0 Å². The van der Waals surface area contributed by atoms with Crippen LogP contribution >= 0.6 is 34.2 Å². The Morgan fingerprint density at radius 2 is 2.25 bits per heavy atom. The van der Waals surface area contributed by atoms with E-state index in [9.17, 15) is 9.18 Å². The summed E-state index contributed by atoms with van der Waals surface area (Å²) in [6, 6.07) is 3.24. The Bertz CT molecular complexity index is 398. The molecule has 0 spiro atoms. The van der Waals surface area contributed by atoms with Gasteiger partial charge < -0.3 is 9.47 Å². The Morgan fingerprint density at radius 3 is 2.75 bits per heavy atom. The SMILES string of the molecule is COc1cc(I)cc(C(=O)Cl)c1OCCF. The minimum Gasteiger partial charge on any atom is -0.493 e. The number of carbonyl (C=O) groups is 1. The Morgan fingerprint density at radius 1 is 1.56 bits per heavy atom. The number of halogens is 3. The maximum Gasteiger partial charge on any atom is 0.256 e. The highest BCUT2D eigenvalue weighted by atomic mass is 127. The number of methoxy groups -OCH3 is 1. The second kappa shape index (κ2) is 6.24. The fraction of sp³-hybridized carbons (Fsp3) is 0.300. The van der Waals surface area contributed by atoms with Crippen LogP contribution in [0.4, 0.5) is 4.39 Å². The van der Waals surface area contributed by atoms with E-state index in [1.54, 1.807) is 12.1 Å². The molecule has 0 aliphatic rings. The van der Waals surface area contributed by atoms with Crippen molar-refractivity contribution in [3.8, 4) is 11.5 Å². The molecule has 0 unspecified atom stereocenters. The average molecular weight is 359 g/mol. The van der Waals surface area contributed by atoms with Gasteiger partial charge in [0.2, 0.25) is 0 Å². The topological polar surface area (TPSA) is 35.5 Å². The van der Waals surface area contributed by atoms with Gasteiger partial charge in [-0.25, -0.2) is 4.39 Å². The molecule has 0 aliphatic heterocycles. The van der Waals surface area contributed by atoms with Crippen LogP contribution in [0.3, 0.4) is 0 Å². The van der Waals surface area contributed by atoms with Crippen LogP contribution in [0.2, 0.25) is 0 Å². The standard InChI is InChI=1S/C10H9ClFIO3/c1-15-8-5-6(13)4-7(10(11)14)9(8)16-3-2-12/h4-5H,2-3H2,1H3. The van der Waals surface area contributed by atoms with E-state index < -0.39 is 11.9 Å². The third-order valence-electron chi connectivity index (χ3n) is 1.77. The first-order valence-corrected chi connectivity index (χ1v) is 5.82. The van der Waals surface area contributed by atoms with E-state index >= 15 is 0 Å². The molecule has 6 heteroatoms. The number of hydrogen-bond donors (Lipinski definition) is 0. The summed E-state index contributed by atoms with van der Waals surface area (Å²) in [4.78, 5) is 11.2. The van der Waals surface area contributed by atoms with Crippen molar-refractivity contribution < 1.29 is 18.7 Å². The first-order chi connectivity index (χ1) is 7.60. The maximum atomic E-state index is 12.0. The molecule has 0 amide bonds. The van der Waals surface area contributed by atoms with Gasteiger partial charge in [0, 0.05) is 3.57 Å². The molecular weight excluding hydrogens is 349 g/mol. The van der Waals surface area contributed by atoms with E-state index in [2.05, 4.69) is 0 Å². The first kappa shape index (κ1) is 13.5. The summed E-state index contributed by atoms with van der Waals surface area (Å²) >= 11 is 7.44. The molecule has 0 saturated carbocycles. The molecule has 0 fully saturated rings. The predicted octanol–water partition coefficient (Wildman–Crippen LogP) is 3.03. The molecule has 88 valence electrons. The van der Waals surface area contributed by atoms with Gasteiger partial charge in [0.05, 0.1) is 12.7 Å². The summed E-state index contributed by atoms with van der Waals surface area (Å²) in [6.45, 7) is -0.792. The highest BCUT2D eigenvalue weighted by molar-refractivity contribution is 14.1. The molecule has 1 aromatic rings. The molecular formula is C10H9ClFIO3. The lowest BCUT2D eigenvalue weighted by molar-refractivity contribution is 0.107. The van der Waals surface area contributed by atoms with Crippen molar-refractivity contribution in [2.24, 2.45) is 0 Å². The highest BCUT2D eigenvalue weighted by Crippen LogP contribution is 2.34. The normalized spacial score (nSPS) is 10.0. The Hall–Kier alpha value is -0.560. The number of hydrogen-bond acceptors (Lipinski definition) is 3. The molecule has 0 saturated heterocycles. The average Bonchev–Trinajstić information content (AvgIpc) is 2.26. The fourth-order valence-corrected chi connectivity index (χ4v) is 1.89. The zero-order chi connectivity index (χ0) is 12.1. The van der Waals surface area contributed by atoms with Crippen molar-refractivity contribution in [2.45, 2.75) is 0 Å². The molecule has 3 nitrogen and oxygen atoms in total. The van der Waals surface area contributed by atoms with Crippen molar-refractivity contribution in [1.82, 2.24) is 0 Å². The van der Waals surface area contributed by atoms with E-state index in [1.807, 2.05) is 22.6 Å². The molecule has 0 N–H and O–H groups in total. The quantitative estimate of drug-likeness (QED) is 0.599.